The van der Waals surface area contributed by atoms with Crippen LogP contribution in [0, 0.1) is 0 Å². The van der Waals surface area contributed by atoms with Gasteiger partial charge < -0.3 is 10.1 Å². The van der Waals surface area contributed by atoms with E-state index in [2.05, 4.69) is 33.5 Å². The van der Waals surface area contributed by atoms with Gasteiger partial charge in [0.2, 0.25) is 0 Å². The summed E-state index contributed by atoms with van der Waals surface area (Å²) in [5.74, 6) is 0. The van der Waals surface area contributed by atoms with Crippen molar-refractivity contribution in [3.8, 4) is 0 Å². The summed E-state index contributed by atoms with van der Waals surface area (Å²) in [6, 6.07) is 8.32. The van der Waals surface area contributed by atoms with E-state index < -0.39 is 0 Å². The highest BCUT2D eigenvalue weighted by molar-refractivity contribution is 5.26. The van der Waals surface area contributed by atoms with E-state index in [1.807, 2.05) is 13.0 Å². The Morgan fingerprint density at radius 3 is 2.68 bits per heavy atom. The number of nitrogens with one attached hydrogen (secondary N) is 1. The van der Waals surface area contributed by atoms with Crippen molar-refractivity contribution in [2.24, 2.45) is 0 Å². The van der Waals surface area contributed by atoms with E-state index in [4.69, 9.17) is 4.74 Å². The van der Waals surface area contributed by atoms with Gasteiger partial charge in [-0.25, -0.2) is 0 Å². The van der Waals surface area contributed by atoms with Gasteiger partial charge in [-0.05, 0) is 18.1 Å². The summed E-state index contributed by atoms with van der Waals surface area (Å²) in [7, 11) is 0. The molecule has 4 heteroatoms. The third-order valence-corrected chi connectivity index (χ3v) is 2.82. The molecular weight excluding hydrogens is 238 g/mol. The second-order valence-corrected chi connectivity index (χ2v) is 4.21. The van der Waals surface area contributed by atoms with Crippen molar-refractivity contribution >= 4 is 0 Å². The highest BCUT2D eigenvalue weighted by Crippen LogP contribution is 2.10. The van der Waals surface area contributed by atoms with E-state index in [-0.39, 0.29) is 0 Å². The Morgan fingerprint density at radius 1 is 1.11 bits per heavy atom. The summed E-state index contributed by atoms with van der Waals surface area (Å²) in [6.07, 6.45) is 5.17. The molecule has 4 nitrogen and oxygen atoms in total. The first-order chi connectivity index (χ1) is 9.40. The summed E-state index contributed by atoms with van der Waals surface area (Å²) >= 11 is 0. The van der Waals surface area contributed by atoms with Crippen LogP contribution in [0.3, 0.4) is 0 Å². The lowest BCUT2D eigenvalue weighted by Crippen LogP contribution is -2.15. The number of benzene rings is 1. The van der Waals surface area contributed by atoms with Crippen molar-refractivity contribution in [1.29, 1.82) is 0 Å². The second-order valence-electron chi connectivity index (χ2n) is 4.21. The van der Waals surface area contributed by atoms with Gasteiger partial charge in [-0.2, -0.15) is 0 Å². The highest BCUT2D eigenvalue weighted by atomic mass is 16.5. The zero-order valence-electron chi connectivity index (χ0n) is 11.2. The van der Waals surface area contributed by atoms with Crippen molar-refractivity contribution in [1.82, 2.24) is 15.3 Å². The number of aromatic nitrogens is 2. The first-order valence-corrected chi connectivity index (χ1v) is 6.50. The lowest BCUT2D eigenvalue weighted by Gasteiger charge is -2.10. The highest BCUT2D eigenvalue weighted by Gasteiger charge is 2.01. The Labute approximate surface area is 113 Å². The van der Waals surface area contributed by atoms with Crippen LogP contribution < -0.4 is 5.32 Å². The van der Waals surface area contributed by atoms with Gasteiger partial charge in [0.1, 0.15) is 0 Å². The van der Waals surface area contributed by atoms with Gasteiger partial charge in [-0.15, -0.1) is 0 Å². The van der Waals surface area contributed by atoms with Gasteiger partial charge in [0.25, 0.3) is 0 Å². The minimum absolute atomic E-state index is 0.666. The van der Waals surface area contributed by atoms with Gasteiger partial charge in [0.05, 0.1) is 12.3 Å². The van der Waals surface area contributed by atoms with Crippen molar-refractivity contribution in [2.75, 3.05) is 6.61 Å². The minimum Gasteiger partial charge on any atom is -0.377 e. The molecule has 2 aromatic rings. The summed E-state index contributed by atoms with van der Waals surface area (Å²) in [5.41, 5.74) is 3.45. The third kappa shape index (κ3) is 4.43. The van der Waals surface area contributed by atoms with Gasteiger partial charge in [-0.1, -0.05) is 24.3 Å². The lowest BCUT2D eigenvalue weighted by atomic mass is 10.1. The summed E-state index contributed by atoms with van der Waals surface area (Å²) < 4.78 is 5.47. The first-order valence-electron chi connectivity index (χ1n) is 6.50. The molecule has 1 N–H and O–H groups in total. The predicted molar refractivity (Wildman–Crippen MR) is 74.3 cm³/mol. The zero-order valence-corrected chi connectivity index (χ0v) is 11.2. The molecule has 0 atom stereocenters. The fourth-order valence-electron chi connectivity index (χ4n) is 1.83. The lowest BCUT2D eigenvalue weighted by molar-refractivity contribution is 0.133. The molecule has 1 aromatic carbocycles. The van der Waals surface area contributed by atoms with Crippen LogP contribution in [0.25, 0.3) is 0 Å². The maximum atomic E-state index is 5.47. The first kappa shape index (κ1) is 13.6. The van der Waals surface area contributed by atoms with Crippen molar-refractivity contribution in [3.05, 3.63) is 59.7 Å². The van der Waals surface area contributed by atoms with Crippen molar-refractivity contribution in [3.63, 3.8) is 0 Å². The third-order valence-electron chi connectivity index (χ3n) is 2.82. The van der Waals surface area contributed by atoms with E-state index >= 15 is 0 Å². The number of nitrogens with zero attached hydrogens (tertiary/aromatic N) is 2. The van der Waals surface area contributed by atoms with Gasteiger partial charge >= 0.3 is 0 Å². The molecule has 0 aliphatic heterocycles. The molecule has 0 unspecified atom stereocenters. The summed E-state index contributed by atoms with van der Waals surface area (Å²) in [5, 5.41) is 3.38. The molecule has 0 aliphatic carbocycles. The van der Waals surface area contributed by atoms with Crippen molar-refractivity contribution < 1.29 is 4.74 Å². The average Bonchev–Trinajstić information content (AvgIpc) is 2.47. The fraction of sp³-hybridized carbons (Fsp3) is 0.333. The van der Waals surface area contributed by atoms with Crippen LogP contribution in [0.2, 0.25) is 0 Å². The standard InChI is InChI=1S/C15H19N3O/c1-2-19-12-14-6-4-3-5-13(14)9-17-11-15-10-16-7-8-18-15/h3-8,10,17H,2,9,11-12H2,1H3. The molecular formula is C15H19N3O. The molecule has 1 aromatic heterocycles. The number of hydrogen-bond donors (Lipinski definition) is 1. The maximum absolute atomic E-state index is 5.47. The van der Waals surface area contributed by atoms with Crippen LogP contribution >= 0.6 is 0 Å². The molecule has 100 valence electrons. The van der Waals surface area contributed by atoms with E-state index in [0.717, 1.165) is 25.4 Å². The van der Waals surface area contributed by atoms with Gasteiger partial charge in [0.15, 0.2) is 0 Å². The second kappa shape index (κ2) is 7.61. The maximum Gasteiger partial charge on any atom is 0.0724 e. The quantitative estimate of drug-likeness (QED) is 0.827. The molecule has 0 bridgehead atoms. The van der Waals surface area contributed by atoms with Gasteiger partial charge in [-0.3, -0.25) is 9.97 Å². The van der Waals surface area contributed by atoms with Gasteiger partial charge in [0, 0.05) is 38.3 Å². The molecule has 0 fully saturated rings. The van der Waals surface area contributed by atoms with E-state index in [0.29, 0.717) is 6.61 Å². The van der Waals surface area contributed by atoms with Crippen LogP contribution in [-0.2, 0) is 24.4 Å². The zero-order chi connectivity index (χ0) is 13.3. The molecule has 0 aliphatic rings. The van der Waals surface area contributed by atoms with Crippen LogP contribution in [0.4, 0.5) is 0 Å². The summed E-state index contributed by atoms with van der Waals surface area (Å²) in [6.45, 7) is 4.94. The molecule has 0 radical (unpaired) electrons. The fourth-order valence-corrected chi connectivity index (χ4v) is 1.83. The Bertz CT molecular complexity index is 488. The molecule has 1 heterocycles. The largest absolute Gasteiger partial charge is 0.377 e. The Balaban J connectivity index is 1.88. The van der Waals surface area contributed by atoms with Crippen LogP contribution in [-0.4, -0.2) is 16.6 Å². The van der Waals surface area contributed by atoms with E-state index in [9.17, 15) is 0 Å². The Kier molecular flexibility index (Phi) is 5.47. The molecule has 2 rings (SSSR count). The molecule has 19 heavy (non-hydrogen) atoms. The number of hydrogen-bond acceptors (Lipinski definition) is 4. The van der Waals surface area contributed by atoms with Crippen molar-refractivity contribution in [2.45, 2.75) is 26.6 Å². The summed E-state index contributed by atoms with van der Waals surface area (Å²) in [4.78, 5) is 8.28. The monoisotopic (exact) mass is 257 g/mol. The smallest absolute Gasteiger partial charge is 0.0724 e. The SMILES string of the molecule is CCOCc1ccccc1CNCc1cnccn1. The Hall–Kier alpha value is -1.78. The topological polar surface area (TPSA) is 47.0 Å². The van der Waals surface area contributed by atoms with Crippen LogP contribution in [0.1, 0.15) is 23.7 Å². The van der Waals surface area contributed by atoms with E-state index in [1.165, 1.54) is 11.1 Å². The number of rotatable bonds is 7. The molecule has 0 saturated heterocycles. The molecule has 0 amide bonds. The predicted octanol–water partition coefficient (Wildman–Crippen LogP) is 2.30. The average molecular weight is 257 g/mol. The van der Waals surface area contributed by atoms with Crippen LogP contribution in [0.5, 0.6) is 0 Å². The molecule has 0 spiro atoms. The molecule has 0 saturated carbocycles. The number of ether oxygens (including phenoxy) is 1. The Morgan fingerprint density at radius 2 is 1.95 bits per heavy atom. The minimum atomic E-state index is 0.666. The normalized spacial score (nSPS) is 10.6. The van der Waals surface area contributed by atoms with E-state index in [1.54, 1.807) is 18.6 Å². The van der Waals surface area contributed by atoms with Crippen LogP contribution in [0.15, 0.2) is 42.9 Å².